The minimum atomic E-state index is 0.0197. The molecule has 0 saturated carbocycles. The van der Waals surface area contributed by atoms with E-state index in [0.29, 0.717) is 0 Å². The molecule has 2 saturated heterocycles. The van der Waals surface area contributed by atoms with Crippen molar-refractivity contribution < 1.29 is 14.6 Å². The number of hydrogen-bond donors (Lipinski definition) is 1. The molecule has 0 amide bonds. The average Bonchev–Trinajstić information content (AvgIpc) is 2.80. The zero-order valence-corrected chi connectivity index (χ0v) is 11.9. The van der Waals surface area contributed by atoms with E-state index in [1.807, 2.05) is 23.5 Å². The molecule has 1 unspecified atom stereocenters. The summed E-state index contributed by atoms with van der Waals surface area (Å²) in [4.78, 5) is 0. The number of hydrogen-bond acceptors (Lipinski definition) is 5. The lowest BCUT2D eigenvalue weighted by Crippen LogP contribution is -2.26. The average molecular weight is 278 g/mol. The lowest BCUT2D eigenvalue weighted by atomic mass is 10.2. The van der Waals surface area contributed by atoms with Crippen molar-refractivity contribution in [1.82, 2.24) is 0 Å². The van der Waals surface area contributed by atoms with Gasteiger partial charge in [-0.3, -0.25) is 0 Å². The molecule has 0 aromatic heterocycles. The van der Waals surface area contributed by atoms with Crippen LogP contribution < -0.4 is 0 Å². The predicted molar refractivity (Wildman–Crippen MR) is 73.5 cm³/mol. The van der Waals surface area contributed by atoms with E-state index < -0.39 is 0 Å². The molecule has 5 heteroatoms. The Morgan fingerprint density at radius 1 is 1.24 bits per heavy atom. The van der Waals surface area contributed by atoms with Crippen molar-refractivity contribution in [1.29, 1.82) is 0 Å². The Hall–Kier alpha value is 0.580. The third-order valence-corrected chi connectivity index (χ3v) is 6.88. The number of thioether (sulfide) groups is 2. The van der Waals surface area contributed by atoms with Crippen LogP contribution in [0.15, 0.2) is 0 Å². The Balaban J connectivity index is 1.68. The molecule has 2 aliphatic heterocycles. The molecule has 2 aliphatic rings. The Labute approximate surface area is 112 Å². The first-order valence-corrected chi connectivity index (χ1v) is 8.44. The van der Waals surface area contributed by atoms with Crippen LogP contribution in [0.25, 0.3) is 0 Å². The van der Waals surface area contributed by atoms with Crippen LogP contribution in [0, 0.1) is 0 Å². The minimum Gasteiger partial charge on any atom is -0.396 e. The molecular formula is C12H22O3S2. The quantitative estimate of drug-likeness (QED) is 0.808. The molecule has 0 spiro atoms. The zero-order chi connectivity index (χ0) is 12.0. The van der Waals surface area contributed by atoms with E-state index in [1.54, 1.807) is 0 Å². The van der Waals surface area contributed by atoms with Gasteiger partial charge < -0.3 is 14.6 Å². The van der Waals surface area contributed by atoms with Gasteiger partial charge in [0.15, 0.2) is 6.29 Å². The second kappa shape index (κ2) is 7.24. The molecule has 2 rings (SSSR count). The van der Waals surface area contributed by atoms with Crippen LogP contribution in [-0.2, 0) is 9.47 Å². The molecule has 0 aromatic carbocycles. The lowest BCUT2D eigenvalue weighted by molar-refractivity contribution is -0.162. The third-order valence-electron chi connectivity index (χ3n) is 3.23. The zero-order valence-electron chi connectivity index (χ0n) is 10.2. The van der Waals surface area contributed by atoms with Crippen molar-refractivity contribution in [3.05, 3.63) is 0 Å². The van der Waals surface area contributed by atoms with Gasteiger partial charge in [0, 0.05) is 24.7 Å². The van der Waals surface area contributed by atoms with E-state index in [9.17, 15) is 0 Å². The Kier molecular flexibility index (Phi) is 5.96. The number of rotatable bonds is 6. The fraction of sp³-hybridized carbons (Fsp3) is 1.00. The predicted octanol–water partition coefficient (Wildman–Crippen LogP) is 2.48. The fourth-order valence-electron chi connectivity index (χ4n) is 2.27. The molecule has 0 radical (unpaired) electrons. The maximum absolute atomic E-state index is 9.15. The van der Waals surface area contributed by atoms with E-state index in [-0.39, 0.29) is 17.0 Å². The normalized spacial score (nSPS) is 28.4. The fourth-order valence-corrected chi connectivity index (χ4v) is 5.44. The molecular weight excluding hydrogens is 256 g/mol. The van der Waals surface area contributed by atoms with Crippen LogP contribution in [0.3, 0.4) is 0 Å². The number of aliphatic hydroxyl groups excluding tert-OH is 1. The molecule has 0 bridgehead atoms. The maximum Gasteiger partial charge on any atom is 0.157 e. The van der Waals surface area contributed by atoms with Crippen LogP contribution in [0.1, 0.15) is 32.1 Å². The smallest absolute Gasteiger partial charge is 0.157 e. The molecule has 0 aromatic rings. The molecule has 0 aliphatic carbocycles. The summed E-state index contributed by atoms with van der Waals surface area (Å²) in [6.07, 6.45) is 5.33. The Bertz CT molecular complexity index is 214. The summed E-state index contributed by atoms with van der Waals surface area (Å²) in [5, 5.41) is 9.15. The van der Waals surface area contributed by atoms with E-state index in [4.69, 9.17) is 14.6 Å². The van der Waals surface area contributed by atoms with Crippen LogP contribution in [0.5, 0.6) is 0 Å². The van der Waals surface area contributed by atoms with E-state index in [2.05, 4.69) is 0 Å². The summed E-state index contributed by atoms with van der Waals surface area (Å²) >= 11 is 3.97. The van der Waals surface area contributed by atoms with Crippen LogP contribution in [0.2, 0.25) is 0 Å². The topological polar surface area (TPSA) is 38.7 Å². The third kappa shape index (κ3) is 4.31. The van der Waals surface area contributed by atoms with Crippen LogP contribution in [0.4, 0.5) is 0 Å². The Morgan fingerprint density at radius 3 is 2.71 bits per heavy atom. The van der Waals surface area contributed by atoms with E-state index >= 15 is 0 Å². The van der Waals surface area contributed by atoms with Gasteiger partial charge in [-0.25, -0.2) is 0 Å². The van der Waals surface area contributed by atoms with Gasteiger partial charge in [0.1, 0.15) is 0 Å². The summed E-state index contributed by atoms with van der Waals surface area (Å²) in [5.74, 6) is 2.40. The lowest BCUT2D eigenvalue weighted by Gasteiger charge is -2.28. The van der Waals surface area contributed by atoms with Crippen molar-refractivity contribution in [3.8, 4) is 0 Å². The van der Waals surface area contributed by atoms with Crippen molar-refractivity contribution in [2.75, 3.05) is 31.3 Å². The second-order valence-corrected chi connectivity index (χ2v) is 7.71. The van der Waals surface area contributed by atoms with Gasteiger partial charge in [-0.2, -0.15) is 0 Å². The minimum absolute atomic E-state index is 0.0197. The highest BCUT2D eigenvalue weighted by atomic mass is 32.2. The van der Waals surface area contributed by atoms with Crippen molar-refractivity contribution >= 4 is 23.5 Å². The summed E-state index contributed by atoms with van der Waals surface area (Å²) in [6.45, 7) is 1.88. The largest absolute Gasteiger partial charge is 0.396 e. The first kappa shape index (κ1) is 14.0. The number of ether oxygens (including phenoxy) is 2. The van der Waals surface area contributed by atoms with Crippen molar-refractivity contribution in [2.45, 2.75) is 42.5 Å². The highest BCUT2D eigenvalue weighted by Gasteiger charge is 2.34. The van der Waals surface area contributed by atoms with Crippen molar-refractivity contribution in [2.24, 2.45) is 0 Å². The maximum atomic E-state index is 9.15. The first-order chi connectivity index (χ1) is 8.35. The molecule has 17 heavy (non-hydrogen) atoms. The van der Waals surface area contributed by atoms with Gasteiger partial charge in [0.25, 0.3) is 0 Å². The van der Waals surface area contributed by atoms with Gasteiger partial charge >= 0.3 is 0 Å². The molecule has 1 N–H and O–H groups in total. The molecule has 2 heterocycles. The first-order valence-electron chi connectivity index (χ1n) is 6.47. The van der Waals surface area contributed by atoms with Crippen LogP contribution >= 0.6 is 23.5 Å². The van der Waals surface area contributed by atoms with Gasteiger partial charge in [-0.05, 0) is 32.1 Å². The standard InChI is InChI=1S/C12H22O3S2/c13-6-4-12(16-9-10-17-12)5-8-15-11-3-1-2-7-14-11/h11,13H,1-10H2. The molecule has 100 valence electrons. The Morgan fingerprint density at radius 2 is 2.06 bits per heavy atom. The highest BCUT2D eigenvalue weighted by molar-refractivity contribution is 8.21. The molecule has 3 nitrogen and oxygen atoms in total. The number of aliphatic hydroxyl groups is 1. The summed E-state index contributed by atoms with van der Waals surface area (Å²) in [7, 11) is 0. The summed E-state index contributed by atoms with van der Waals surface area (Å²) in [6, 6.07) is 0. The van der Waals surface area contributed by atoms with Crippen LogP contribution in [-0.4, -0.2) is 46.8 Å². The van der Waals surface area contributed by atoms with Gasteiger partial charge in [0.2, 0.25) is 0 Å². The van der Waals surface area contributed by atoms with E-state index in [1.165, 1.54) is 24.3 Å². The van der Waals surface area contributed by atoms with Gasteiger partial charge in [-0.1, -0.05) is 0 Å². The monoisotopic (exact) mass is 278 g/mol. The summed E-state index contributed by atoms with van der Waals surface area (Å²) < 4.78 is 11.5. The highest BCUT2D eigenvalue weighted by Crippen LogP contribution is 2.48. The van der Waals surface area contributed by atoms with Gasteiger partial charge in [0.05, 0.1) is 10.7 Å². The molecule has 1 atom stereocenters. The SMILES string of the molecule is OCCC1(CCOC2CCCCO2)SCCS1. The van der Waals surface area contributed by atoms with E-state index in [0.717, 1.165) is 32.5 Å². The second-order valence-electron chi connectivity index (χ2n) is 4.50. The van der Waals surface area contributed by atoms with Gasteiger partial charge in [-0.15, -0.1) is 23.5 Å². The molecule has 2 fully saturated rings. The van der Waals surface area contributed by atoms with Crippen molar-refractivity contribution in [3.63, 3.8) is 0 Å². The summed E-state index contributed by atoms with van der Waals surface area (Å²) in [5.41, 5.74) is 0.